The van der Waals surface area contributed by atoms with Gasteiger partial charge in [-0.15, -0.1) is 0 Å². The summed E-state index contributed by atoms with van der Waals surface area (Å²) in [6.07, 6.45) is 0. The molecule has 108 valence electrons. The van der Waals surface area contributed by atoms with Crippen LogP contribution in [0.4, 0.5) is 0 Å². The highest BCUT2D eigenvalue weighted by Gasteiger charge is 2.25. The Balaban J connectivity index is 3.35. The highest BCUT2D eigenvalue weighted by atomic mass is 35.5. The van der Waals surface area contributed by atoms with Gasteiger partial charge >= 0.3 is 0 Å². The van der Waals surface area contributed by atoms with Crippen molar-refractivity contribution in [3.63, 3.8) is 0 Å². The molecular formula is C14H22ClNO2S. The van der Waals surface area contributed by atoms with E-state index in [1.807, 2.05) is 13.0 Å². The first kappa shape index (κ1) is 16.5. The van der Waals surface area contributed by atoms with Crippen molar-refractivity contribution in [2.75, 3.05) is 0 Å². The Morgan fingerprint density at radius 3 is 2.16 bits per heavy atom. The molecule has 5 heteroatoms. The van der Waals surface area contributed by atoms with E-state index in [1.165, 1.54) is 0 Å². The lowest BCUT2D eigenvalue weighted by atomic mass is 9.98. The first-order chi connectivity index (χ1) is 8.46. The van der Waals surface area contributed by atoms with Crippen LogP contribution >= 0.6 is 11.6 Å². The molecule has 0 unspecified atom stereocenters. The van der Waals surface area contributed by atoms with E-state index in [4.69, 9.17) is 11.6 Å². The molecule has 0 radical (unpaired) electrons. The van der Waals surface area contributed by atoms with Gasteiger partial charge in [0, 0.05) is 5.54 Å². The Labute approximate surface area is 121 Å². The molecular weight excluding hydrogens is 282 g/mol. The van der Waals surface area contributed by atoms with Crippen LogP contribution in [-0.4, -0.2) is 14.0 Å². The molecule has 0 bridgehead atoms. The van der Waals surface area contributed by atoms with Gasteiger partial charge in [0.15, 0.2) is 0 Å². The summed E-state index contributed by atoms with van der Waals surface area (Å²) < 4.78 is 27.2. The molecule has 19 heavy (non-hydrogen) atoms. The van der Waals surface area contributed by atoms with Gasteiger partial charge in [0.2, 0.25) is 10.0 Å². The molecule has 0 saturated heterocycles. The zero-order valence-electron chi connectivity index (χ0n) is 12.3. The number of hydrogen-bond acceptors (Lipinski definition) is 2. The Hall–Kier alpha value is -0.580. The van der Waals surface area contributed by atoms with Crippen molar-refractivity contribution in [1.29, 1.82) is 0 Å². The smallest absolute Gasteiger partial charge is 0.207 e. The van der Waals surface area contributed by atoms with Gasteiger partial charge in [-0.05, 0) is 50.8 Å². The van der Waals surface area contributed by atoms with E-state index in [0.717, 1.165) is 11.1 Å². The second kappa shape index (κ2) is 5.43. The maximum absolute atomic E-state index is 12.3. The summed E-state index contributed by atoms with van der Waals surface area (Å²) in [4.78, 5) is 0.144. The Kier molecular flexibility index (Phi) is 4.71. The third kappa shape index (κ3) is 3.94. The van der Waals surface area contributed by atoms with E-state index in [1.54, 1.807) is 26.8 Å². The molecule has 0 fully saturated rings. The van der Waals surface area contributed by atoms with Crippen molar-refractivity contribution in [2.45, 2.75) is 57.9 Å². The van der Waals surface area contributed by atoms with E-state index in [-0.39, 0.29) is 4.90 Å². The summed E-state index contributed by atoms with van der Waals surface area (Å²) in [6.45, 7) is 11.4. The summed E-state index contributed by atoms with van der Waals surface area (Å²) in [7, 11) is -3.60. The van der Waals surface area contributed by atoms with Crippen LogP contribution in [0.1, 0.15) is 51.7 Å². The molecule has 0 aliphatic carbocycles. The first-order valence-electron chi connectivity index (χ1n) is 6.28. The minimum absolute atomic E-state index is 0.144. The predicted molar refractivity (Wildman–Crippen MR) is 80.4 cm³/mol. The topological polar surface area (TPSA) is 46.2 Å². The number of nitrogens with one attached hydrogen (secondary N) is 1. The molecule has 0 aliphatic heterocycles. The average molecular weight is 304 g/mol. The lowest BCUT2D eigenvalue weighted by Crippen LogP contribution is -2.40. The minimum Gasteiger partial charge on any atom is -0.207 e. The SMILES string of the molecule is Cc1c(C(C)C)ccc(S(=O)(=O)NC(C)(C)C)c1Cl. The largest absolute Gasteiger partial charge is 0.242 e. The highest BCUT2D eigenvalue weighted by Crippen LogP contribution is 2.31. The number of benzene rings is 1. The van der Waals surface area contributed by atoms with E-state index in [0.29, 0.717) is 10.9 Å². The monoisotopic (exact) mass is 303 g/mol. The van der Waals surface area contributed by atoms with Gasteiger partial charge < -0.3 is 0 Å². The van der Waals surface area contributed by atoms with Crippen LogP contribution in [0.5, 0.6) is 0 Å². The lowest BCUT2D eigenvalue weighted by Gasteiger charge is -2.22. The molecule has 0 aromatic heterocycles. The number of halogens is 1. The van der Waals surface area contributed by atoms with Gasteiger partial charge in [-0.1, -0.05) is 31.5 Å². The van der Waals surface area contributed by atoms with Gasteiger partial charge in [-0.2, -0.15) is 0 Å². The van der Waals surface area contributed by atoms with E-state index >= 15 is 0 Å². The van der Waals surface area contributed by atoms with Crippen LogP contribution in [0.3, 0.4) is 0 Å². The summed E-state index contributed by atoms with van der Waals surface area (Å²) >= 11 is 6.24. The average Bonchev–Trinajstić information content (AvgIpc) is 2.17. The maximum atomic E-state index is 12.3. The second-order valence-corrected chi connectivity index (χ2v) is 8.13. The van der Waals surface area contributed by atoms with Gasteiger partial charge in [0.25, 0.3) is 0 Å². The molecule has 1 aromatic carbocycles. The molecule has 1 rings (SSSR count). The molecule has 0 heterocycles. The first-order valence-corrected chi connectivity index (χ1v) is 8.15. The van der Waals surface area contributed by atoms with Crippen molar-refractivity contribution < 1.29 is 8.42 Å². The molecule has 0 spiro atoms. The van der Waals surface area contributed by atoms with Crippen LogP contribution in [-0.2, 0) is 10.0 Å². The quantitative estimate of drug-likeness (QED) is 0.922. The van der Waals surface area contributed by atoms with Crippen LogP contribution in [0.15, 0.2) is 17.0 Å². The van der Waals surface area contributed by atoms with E-state index < -0.39 is 15.6 Å². The van der Waals surface area contributed by atoms with E-state index in [9.17, 15) is 8.42 Å². The molecule has 0 amide bonds. The lowest BCUT2D eigenvalue weighted by molar-refractivity contribution is 0.491. The fourth-order valence-electron chi connectivity index (χ4n) is 1.97. The van der Waals surface area contributed by atoms with E-state index in [2.05, 4.69) is 18.6 Å². The minimum atomic E-state index is -3.60. The Morgan fingerprint density at radius 1 is 1.21 bits per heavy atom. The van der Waals surface area contributed by atoms with Crippen molar-refractivity contribution in [1.82, 2.24) is 4.72 Å². The fraction of sp³-hybridized carbons (Fsp3) is 0.571. The molecule has 1 N–H and O–H groups in total. The summed E-state index contributed by atoms with van der Waals surface area (Å²) in [5.74, 6) is 0.310. The molecule has 0 aliphatic rings. The Morgan fingerprint density at radius 2 is 1.74 bits per heavy atom. The van der Waals surface area contributed by atoms with Crippen molar-refractivity contribution in [2.24, 2.45) is 0 Å². The van der Waals surface area contributed by atoms with Gasteiger partial charge in [0.1, 0.15) is 4.90 Å². The molecule has 1 aromatic rings. The van der Waals surface area contributed by atoms with Crippen LogP contribution in [0.2, 0.25) is 5.02 Å². The predicted octanol–water partition coefficient (Wildman–Crippen LogP) is 3.85. The zero-order valence-corrected chi connectivity index (χ0v) is 13.9. The number of hydrogen-bond donors (Lipinski definition) is 1. The summed E-state index contributed by atoms with van der Waals surface area (Å²) in [6, 6.07) is 3.42. The third-order valence-corrected chi connectivity index (χ3v) is 5.14. The van der Waals surface area contributed by atoms with Crippen molar-refractivity contribution >= 4 is 21.6 Å². The normalized spacial score (nSPS) is 13.1. The van der Waals surface area contributed by atoms with Crippen molar-refractivity contribution in [3.8, 4) is 0 Å². The molecule has 3 nitrogen and oxygen atoms in total. The van der Waals surface area contributed by atoms with Crippen LogP contribution < -0.4 is 4.72 Å². The van der Waals surface area contributed by atoms with Gasteiger partial charge in [0.05, 0.1) is 5.02 Å². The van der Waals surface area contributed by atoms with Gasteiger partial charge in [-0.3, -0.25) is 0 Å². The molecule has 0 saturated carbocycles. The van der Waals surface area contributed by atoms with Crippen molar-refractivity contribution in [3.05, 3.63) is 28.3 Å². The number of rotatable bonds is 3. The summed E-state index contributed by atoms with van der Waals surface area (Å²) in [5, 5.41) is 0.308. The second-order valence-electron chi connectivity index (χ2n) is 6.10. The third-order valence-electron chi connectivity index (χ3n) is 2.74. The standard InChI is InChI=1S/C14H22ClNO2S/c1-9(2)11-7-8-12(13(15)10(11)3)19(17,18)16-14(4,5)6/h7-9,16H,1-6H3. The maximum Gasteiger partial charge on any atom is 0.242 e. The van der Waals surface area contributed by atoms with Crippen LogP contribution in [0.25, 0.3) is 0 Å². The zero-order chi connectivity index (χ0) is 15.0. The van der Waals surface area contributed by atoms with Crippen LogP contribution in [0, 0.1) is 6.92 Å². The highest BCUT2D eigenvalue weighted by molar-refractivity contribution is 7.89. The van der Waals surface area contributed by atoms with Gasteiger partial charge in [-0.25, -0.2) is 13.1 Å². The fourth-order valence-corrected chi connectivity index (χ4v) is 4.00. The number of sulfonamides is 1. The summed E-state index contributed by atoms with van der Waals surface area (Å²) in [5.41, 5.74) is 1.36. The Bertz CT molecular complexity index is 572. The molecule has 0 atom stereocenters.